The van der Waals surface area contributed by atoms with Gasteiger partial charge in [-0.05, 0) is 44.2 Å². The van der Waals surface area contributed by atoms with Crippen LogP contribution in [-0.4, -0.2) is 63.9 Å². The Labute approximate surface area is 173 Å². The molecular formula is C19H24F4N4O4. The van der Waals surface area contributed by atoms with E-state index in [1.807, 2.05) is 0 Å². The van der Waals surface area contributed by atoms with Crippen LogP contribution in [0.5, 0.6) is 0 Å². The number of aliphatic hydroxyl groups excluding tert-OH is 1. The minimum Gasteiger partial charge on any atom is -0.508 e. The standard InChI is InChI=1S/C19H24F4N4O4/c1-8-14-12(17(29)25-18(30)27(14)10-2-3-10)16(28)13(20)15(8)26-5-4-9(6-26)11(24)7-31-19(21,22)23/h9-11,13,15,28H,2-7,24H2,1H3,(H,25,29,30). The van der Waals surface area contributed by atoms with Crippen molar-refractivity contribution in [2.24, 2.45) is 11.7 Å². The summed E-state index contributed by atoms with van der Waals surface area (Å²) in [6, 6.07) is -1.98. The summed E-state index contributed by atoms with van der Waals surface area (Å²) >= 11 is 0. The monoisotopic (exact) mass is 448 g/mol. The maximum absolute atomic E-state index is 15.3. The molecule has 31 heavy (non-hydrogen) atoms. The molecule has 4 atom stereocenters. The first kappa shape index (κ1) is 22.0. The Morgan fingerprint density at radius 3 is 2.58 bits per heavy atom. The number of ether oxygens (including phenoxy) is 1. The first-order chi connectivity index (χ1) is 14.5. The van der Waals surface area contributed by atoms with E-state index in [1.54, 1.807) is 11.8 Å². The molecule has 1 saturated carbocycles. The van der Waals surface area contributed by atoms with E-state index in [0.717, 1.165) is 12.8 Å². The smallest absolute Gasteiger partial charge is 0.508 e. The van der Waals surface area contributed by atoms with E-state index in [9.17, 15) is 27.9 Å². The lowest BCUT2D eigenvalue weighted by Gasteiger charge is -2.34. The Hall–Kier alpha value is -2.18. The number of aromatic amines is 1. The molecule has 8 nitrogen and oxygen atoms in total. The number of H-pyrrole nitrogens is 1. The Kier molecular flexibility index (Phi) is 5.51. The summed E-state index contributed by atoms with van der Waals surface area (Å²) in [5, 5.41) is 10.5. The van der Waals surface area contributed by atoms with Gasteiger partial charge in [0.05, 0.1) is 18.0 Å². The molecule has 2 fully saturated rings. The van der Waals surface area contributed by atoms with Gasteiger partial charge in [-0.3, -0.25) is 24.0 Å². The van der Waals surface area contributed by atoms with E-state index in [0.29, 0.717) is 18.5 Å². The molecule has 0 radical (unpaired) electrons. The number of likely N-dealkylation sites (tertiary alicyclic amines) is 1. The van der Waals surface area contributed by atoms with Gasteiger partial charge < -0.3 is 10.8 Å². The number of aromatic nitrogens is 2. The third-order valence-corrected chi connectivity index (χ3v) is 6.36. The maximum atomic E-state index is 15.3. The molecule has 2 aliphatic carbocycles. The van der Waals surface area contributed by atoms with Crippen LogP contribution in [-0.2, 0) is 4.74 Å². The highest BCUT2D eigenvalue weighted by molar-refractivity contribution is 5.60. The number of hydrogen-bond donors (Lipinski definition) is 3. The number of aliphatic hydroxyl groups is 1. The van der Waals surface area contributed by atoms with Gasteiger partial charge in [0.2, 0.25) is 0 Å². The third kappa shape index (κ3) is 4.03. The topological polar surface area (TPSA) is 114 Å². The summed E-state index contributed by atoms with van der Waals surface area (Å²) < 4.78 is 57.4. The molecule has 0 spiro atoms. The number of fused-ring (bicyclic) bond motifs is 1. The number of alkyl halides is 4. The first-order valence-corrected chi connectivity index (χ1v) is 10.1. The van der Waals surface area contributed by atoms with Crippen molar-refractivity contribution >= 4 is 11.3 Å². The molecular weight excluding hydrogens is 424 g/mol. The van der Waals surface area contributed by atoms with E-state index in [-0.39, 0.29) is 29.1 Å². The second-order valence-corrected chi connectivity index (χ2v) is 8.46. The van der Waals surface area contributed by atoms with Crippen molar-refractivity contribution in [3.05, 3.63) is 31.4 Å². The van der Waals surface area contributed by atoms with Gasteiger partial charge in [-0.15, -0.1) is 13.2 Å². The van der Waals surface area contributed by atoms with Gasteiger partial charge in [-0.1, -0.05) is 0 Å². The lowest BCUT2D eigenvalue weighted by molar-refractivity contribution is -0.326. The number of halogens is 4. The third-order valence-electron chi connectivity index (χ3n) is 6.36. The molecule has 1 saturated heterocycles. The van der Waals surface area contributed by atoms with Crippen LogP contribution in [0.4, 0.5) is 17.6 Å². The van der Waals surface area contributed by atoms with Crippen molar-refractivity contribution in [1.82, 2.24) is 14.5 Å². The van der Waals surface area contributed by atoms with E-state index in [1.165, 1.54) is 4.57 Å². The van der Waals surface area contributed by atoms with Crippen molar-refractivity contribution in [3.8, 4) is 0 Å². The lowest BCUT2D eigenvalue weighted by atomic mass is 9.94. The summed E-state index contributed by atoms with van der Waals surface area (Å²) in [6.45, 7) is 1.45. The molecule has 3 aliphatic rings. The van der Waals surface area contributed by atoms with Gasteiger partial charge in [0.15, 0.2) is 6.17 Å². The van der Waals surface area contributed by atoms with Gasteiger partial charge in [0.25, 0.3) is 5.56 Å². The normalized spacial score (nSPS) is 28.1. The quantitative estimate of drug-likeness (QED) is 0.529. The number of nitrogens with one attached hydrogen (secondary N) is 1. The lowest BCUT2D eigenvalue weighted by Crippen LogP contribution is -2.61. The van der Waals surface area contributed by atoms with E-state index < -0.39 is 48.2 Å². The summed E-state index contributed by atoms with van der Waals surface area (Å²) in [6.07, 6.45) is -4.80. The van der Waals surface area contributed by atoms with Crippen molar-refractivity contribution in [2.75, 3.05) is 19.7 Å². The predicted molar refractivity (Wildman–Crippen MR) is 102 cm³/mol. The highest BCUT2D eigenvalue weighted by Crippen LogP contribution is 2.33. The molecule has 0 bridgehead atoms. The number of hydrogen-bond acceptors (Lipinski definition) is 6. The molecule has 0 amide bonds. The van der Waals surface area contributed by atoms with Crippen molar-refractivity contribution < 1.29 is 27.4 Å². The van der Waals surface area contributed by atoms with Gasteiger partial charge in [-0.25, -0.2) is 9.18 Å². The fourth-order valence-corrected chi connectivity index (χ4v) is 4.71. The molecule has 4 rings (SSSR count). The van der Waals surface area contributed by atoms with Gasteiger partial charge in [-0.2, -0.15) is 0 Å². The first-order valence-electron chi connectivity index (χ1n) is 10.1. The minimum absolute atomic E-state index is 0.128. The molecule has 0 aromatic carbocycles. The predicted octanol–water partition coefficient (Wildman–Crippen LogP) is -0.386. The summed E-state index contributed by atoms with van der Waals surface area (Å²) in [4.78, 5) is 28.6. The molecule has 172 valence electrons. The molecule has 2 heterocycles. The fourth-order valence-electron chi connectivity index (χ4n) is 4.71. The van der Waals surface area contributed by atoms with Gasteiger partial charge in [0, 0.05) is 18.6 Å². The Morgan fingerprint density at radius 1 is 1.29 bits per heavy atom. The van der Waals surface area contributed by atoms with Crippen LogP contribution < -0.4 is 27.6 Å². The SMILES string of the molecule is CC1=c2c(c(=O)[nH]c(=O)n2C2CC2)=C(O)C(F)C1N1CCC(C(N)COC(F)(F)F)C1. The summed E-state index contributed by atoms with van der Waals surface area (Å²) in [7, 11) is 0. The van der Waals surface area contributed by atoms with Crippen molar-refractivity contribution in [2.45, 2.75) is 56.8 Å². The number of rotatable bonds is 5. The molecule has 1 aromatic heterocycles. The van der Waals surface area contributed by atoms with E-state index in [2.05, 4.69) is 9.72 Å². The van der Waals surface area contributed by atoms with Gasteiger partial charge >= 0.3 is 12.1 Å². The number of nitrogens with zero attached hydrogens (tertiary/aromatic N) is 2. The van der Waals surface area contributed by atoms with Crippen LogP contribution in [0.15, 0.2) is 9.59 Å². The zero-order valence-electron chi connectivity index (χ0n) is 16.8. The molecule has 1 aliphatic heterocycles. The van der Waals surface area contributed by atoms with Crippen LogP contribution in [0.25, 0.3) is 11.3 Å². The Bertz CT molecular complexity index is 1110. The maximum Gasteiger partial charge on any atom is 0.522 e. The fraction of sp³-hybridized carbons (Fsp3) is 0.684. The average Bonchev–Trinajstić information content (AvgIpc) is 3.39. The zero-order chi connectivity index (χ0) is 22.7. The molecule has 12 heteroatoms. The van der Waals surface area contributed by atoms with E-state index in [4.69, 9.17) is 5.73 Å². The summed E-state index contributed by atoms with van der Waals surface area (Å²) in [5.41, 5.74) is 4.83. The van der Waals surface area contributed by atoms with Crippen molar-refractivity contribution in [3.63, 3.8) is 0 Å². The highest BCUT2D eigenvalue weighted by Gasteiger charge is 2.42. The van der Waals surface area contributed by atoms with E-state index >= 15 is 4.39 Å². The molecule has 4 N–H and O–H groups in total. The minimum atomic E-state index is -4.78. The van der Waals surface area contributed by atoms with Crippen LogP contribution in [0.3, 0.4) is 0 Å². The van der Waals surface area contributed by atoms with Crippen LogP contribution >= 0.6 is 0 Å². The van der Waals surface area contributed by atoms with Crippen LogP contribution in [0, 0.1) is 5.92 Å². The Balaban J connectivity index is 1.68. The largest absolute Gasteiger partial charge is 0.522 e. The average molecular weight is 448 g/mol. The van der Waals surface area contributed by atoms with Crippen LogP contribution in [0.2, 0.25) is 0 Å². The van der Waals surface area contributed by atoms with Crippen molar-refractivity contribution in [1.29, 1.82) is 0 Å². The molecule has 4 unspecified atom stereocenters. The molecule has 1 aromatic rings. The van der Waals surface area contributed by atoms with Gasteiger partial charge in [0.1, 0.15) is 11.0 Å². The number of nitrogens with two attached hydrogens (primary N) is 1. The Morgan fingerprint density at radius 2 is 1.97 bits per heavy atom. The highest BCUT2D eigenvalue weighted by atomic mass is 19.4. The van der Waals surface area contributed by atoms with Crippen LogP contribution in [0.1, 0.15) is 32.2 Å². The second-order valence-electron chi connectivity index (χ2n) is 8.46. The summed E-state index contributed by atoms with van der Waals surface area (Å²) in [5.74, 6) is -1.11. The zero-order valence-corrected chi connectivity index (χ0v) is 16.8. The second kappa shape index (κ2) is 7.75.